The topological polar surface area (TPSA) is 60.2 Å². The zero-order chi connectivity index (χ0) is 7.56. The second kappa shape index (κ2) is 2.70. The van der Waals surface area contributed by atoms with Gasteiger partial charge in [-0.2, -0.15) is 0 Å². The molecular formula is C6H6NO2S. The molecule has 0 unspecified atom stereocenters. The summed E-state index contributed by atoms with van der Waals surface area (Å²) in [5.41, 5.74) is 5.81. The molecule has 0 saturated heterocycles. The first kappa shape index (κ1) is 7.08. The summed E-state index contributed by atoms with van der Waals surface area (Å²) in [6, 6.07) is 6.89. The van der Waals surface area contributed by atoms with E-state index in [1.165, 1.54) is 18.2 Å². The normalized spacial score (nSPS) is 10.1. The lowest BCUT2D eigenvalue weighted by Crippen LogP contribution is -1.85. The molecule has 1 rings (SSSR count). The average molecular weight is 156 g/mol. The van der Waals surface area contributed by atoms with Gasteiger partial charge in [-0.05, 0) is 18.2 Å². The van der Waals surface area contributed by atoms with Crippen molar-refractivity contribution in [1.29, 1.82) is 0 Å². The van der Waals surface area contributed by atoms with Crippen molar-refractivity contribution in [3.8, 4) is 0 Å². The number of nitrogen functional groups attached to an aromatic ring is 1. The molecule has 0 aromatic heterocycles. The predicted molar refractivity (Wildman–Crippen MR) is 38.3 cm³/mol. The summed E-state index contributed by atoms with van der Waals surface area (Å²) in [6.45, 7) is 0. The highest BCUT2D eigenvalue weighted by molar-refractivity contribution is 7.72. The maximum absolute atomic E-state index is 10.3. The van der Waals surface area contributed by atoms with Gasteiger partial charge >= 0.3 is 0 Å². The molecular weight excluding hydrogens is 150 g/mol. The van der Waals surface area contributed by atoms with Crippen LogP contribution < -0.4 is 5.73 Å². The fraction of sp³-hybridized carbons (Fsp3) is 0. The van der Waals surface area contributed by atoms with E-state index < -0.39 is 10.7 Å². The van der Waals surface area contributed by atoms with Gasteiger partial charge in [0.2, 0.25) is 0 Å². The van der Waals surface area contributed by atoms with Gasteiger partial charge in [-0.1, -0.05) is 0 Å². The first-order valence-corrected chi connectivity index (χ1v) is 3.79. The zero-order valence-electron chi connectivity index (χ0n) is 5.07. The Hall–Kier alpha value is -1.03. The Balaban J connectivity index is 3.12. The third-order valence-corrected chi connectivity index (χ3v) is 1.69. The second-order valence-corrected chi connectivity index (χ2v) is 2.76. The number of thiol groups is 1. The molecule has 0 aliphatic carbocycles. The third-order valence-electron chi connectivity index (χ3n) is 1.02. The molecule has 10 heavy (non-hydrogen) atoms. The summed E-state index contributed by atoms with van der Waals surface area (Å²) in [4.78, 5) is 0.171. The molecule has 0 spiro atoms. The minimum Gasteiger partial charge on any atom is -0.399 e. The lowest BCUT2D eigenvalue weighted by atomic mass is 10.3. The van der Waals surface area contributed by atoms with E-state index in [0.29, 0.717) is 5.69 Å². The highest BCUT2D eigenvalue weighted by Crippen LogP contribution is 2.04. The summed E-state index contributed by atoms with van der Waals surface area (Å²) in [6.07, 6.45) is 0. The number of hydrogen-bond acceptors (Lipinski definition) is 3. The highest BCUT2D eigenvalue weighted by Gasteiger charge is 1.91. The summed E-state index contributed by atoms with van der Waals surface area (Å²) in [5, 5.41) is 0. The fourth-order valence-corrected chi connectivity index (χ4v) is 0.908. The van der Waals surface area contributed by atoms with Crippen LogP contribution in [0.1, 0.15) is 0 Å². The van der Waals surface area contributed by atoms with Crippen LogP contribution >= 0.6 is 0 Å². The molecule has 0 aliphatic heterocycles. The lowest BCUT2D eigenvalue weighted by molar-refractivity contribution is 0.614. The van der Waals surface area contributed by atoms with Gasteiger partial charge < -0.3 is 5.73 Å². The van der Waals surface area contributed by atoms with E-state index in [9.17, 15) is 8.42 Å². The molecule has 0 heterocycles. The molecule has 0 atom stereocenters. The van der Waals surface area contributed by atoms with Crippen LogP contribution in [-0.4, -0.2) is 8.42 Å². The van der Waals surface area contributed by atoms with Gasteiger partial charge in [0, 0.05) is 11.8 Å². The second-order valence-electron chi connectivity index (χ2n) is 1.76. The van der Waals surface area contributed by atoms with Gasteiger partial charge in [-0.15, -0.1) is 0 Å². The Morgan fingerprint density at radius 1 is 1.40 bits per heavy atom. The van der Waals surface area contributed by atoms with Crippen LogP contribution in [0.4, 0.5) is 5.69 Å². The smallest absolute Gasteiger partial charge is 0.168 e. The van der Waals surface area contributed by atoms with Gasteiger partial charge in [-0.3, -0.25) is 0 Å². The quantitative estimate of drug-likeness (QED) is 0.446. The Morgan fingerprint density at radius 2 is 2.10 bits per heavy atom. The maximum Gasteiger partial charge on any atom is 0.168 e. The van der Waals surface area contributed by atoms with Gasteiger partial charge in [0.1, 0.15) is 0 Å². The third kappa shape index (κ3) is 1.48. The Morgan fingerprint density at radius 3 is 2.50 bits per heavy atom. The summed E-state index contributed by atoms with van der Waals surface area (Å²) < 4.78 is 20.6. The van der Waals surface area contributed by atoms with Gasteiger partial charge in [-0.25, -0.2) is 8.42 Å². The van der Waals surface area contributed by atoms with E-state index in [0.717, 1.165) is 0 Å². The van der Waals surface area contributed by atoms with Gasteiger partial charge in [0.05, 0.1) is 4.90 Å². The van der Waals surface area contributed by atoms with Crippen molar-refractivity contribution in [3.05, 3.63) is 24.3 Å². The van der Waals surface area contributed by atoms with E-state index in [1.54, 1.807) is 0 Å². The van der Waals surface area contributed by atoms with Crippen molar-refractivity contribution in [2.45, 2.75) is 4.90 Å². The molecule has 1 aromatic carbocycles. The Labute approximate surface area is 60.4 Å². The largest absolute Gasteiger partial charge is 0.399 e. The molecule has 0 bridgehead atoms. The SMILES string of the molecule is Nc1c[c]c([SH](=O)=O)cc1. The van der Waals surface area contributed by atoms with Crippen LogP contribution in [0.15, 0.2) is 23.1 Å². The van der Waals surface area contributed by atoms with Crippen LogP contribution in [0.25, 0.3) is 0 Å². The molecule has 1 radical (unpaired) electrons. The number of anilines is 1. The van der Waals surface area contributed by atoms with Crippen molar-refractivity contribution in [2.24, 2.45) is 0 Å². The lowest BCUT2D eigenvalue weighted by Gasteiger charge is -1.89. The summed E-state index contributed by atoms with van der Waals surface area (Å²) in [7, 11) is -2.52. The number of hydrogen-bond donors (Lipinski definition) is 2. The first-order valence-electron chi connectivity index (χ1n) is 2.62. The molecule has 53 valence electrons. The first-order chi connectivity index (χ1) is 4.70. The van der Waals surface area contributed by atoms with E-state index in [-0.39, 0.29) is 4.90 Å². The minimum absolute atomic E-state index is 0.171. The number of rotatable bonds is 1. The van der Waals surface area contributed by atoms with Gasteiger partial charge in [0.25, 0.3) is 0 Å². The Kier molecular flexibility index (Phi) is 1.91. The average Bonchev–Trinajstić information content (AvgIpc) is 1.88. The zero-order valence-corrected chi connectivity index (χ0v) is 5.97. The van der Waals surface area contributed by atoms with Crippen LogP contribution in [0, 0.1) is 6.07 Å². The van der Waals surface area contributed by atoms with Crippen molar-refractivity contribution in [1.82, 2.24) is 0 Å². The van der Waals surface area contributed by atoms with E-state index in [4.69, 9.17) is 5.73 Å². The van der Waals surface area contributed by atoms with Crippen LogP contribution in [0.3, 0.4) is 0 Å². The molecule has 1 aromatic rings. The molecule has 3 nitrogen and oxygen atoms in total. The summed E-state index contributed by atoms with van der Waals surface area (Å²) >= 11 is 0. The molecule has 2 N–H and O–H groups in total. The van der Waals surface area contributed by atoms with Crippen molar-refractivity contribution < 1.29 is 8.42 Å². The monoisotopic (exact) mass is 156 g/mol. The van der Waals surface area contributed by atoms with Gasteiger partial charge in [0.15, 0.2) is 10.7 Å². The predicted octanol–water partition coefficient (Wildman–Crippen LogP) is 0.0393. The van der Waals surface area contributed by atoms with E-state index in [2.05, 4.69) is 6.07 Å². The molecule has 0 saturated carbocycles. The van der Waals surface area contributed by atoms with Crippen molar-refractivity contribution >= 4 is 16.4 Å². The highest BCUT2D eigenvalue weighted by atomic mass is 32.2. The van der Waals surface area contributed by atoms with E-state index >= 15 is 0 Å². The molecule has 0 fully saturated rings. The maximum atomic E-state index is 10.3. The molecule has 4 heteroatoms. The molecule has 0 aliphatic rings. The van der Waals surface area contributed by atoms with Crippen LogP contribution in [0.5, 0.6) is 0 Å². The van der Waals surface area contributed by atoms with Crippen LogP contribution in [0.2, 0.25) is 0 Å². The van der Waals surface area contributed by atoms with Crippen molar-refractivity contribution in [2.75, 3.05) is 5.73 Å². The Bertz CT molecular complexity index is 281. The number of benzene rings is 1. The van der Waals surface area contributed by atoms with E-state index in [1.807, 2.05) is 0 Å². The van der Waals surface area contributed by atoms with Crippen LogP contribution in [-0.2, 0) is 10.7 Å². The molecule has 0 amide bonds. The minimum atomic E-state index is -2.52. The fourth-order valence-electron chi connectivity index (χ4n) is 0.542. The number of nitrogens with two attached hydrogens (primary N) is 1. The summed E-state index contributed by atoms with van der Waals surface area (Å²) in [5.74, 6) is 0. The standard InChI is InChI=1S/C6H6NO2S/c7-5-1-3-6(4-2-5)10(8)9/h1-3,10H,7H2. The van der Waals surface area contributed by atoms with Crippen molar-refractivity contribution in [3.63, 3.8) is 0 Å².